The summed E-state index contributed by atoms with van der Waals surface area (Å²) in [5.41, 5.74) is 5.08. The molecule has 168 valence electrons. The lowest BCUT2D eigenvalue weighted by Gasteiger charge is -2.33. The van der Waals surface area contributed by atoms with Crippen LogP contribution in [0.1, 0.15) is 32.7 Å². The molecule has 0 unspecified atom stereocenters. The average molecular weight is 443 g/mol. The highest BCUT2D eigenvalue weighted by molar-refractivity contribution is 6.35. The zero-order valence-electron chi connectivity index (χ0n) is 18.7. The average Bonchev–Trinajstić information content (AvgIpc) is 2.83. The third-order valence-electron chi connectivity index (χ3n) is 5.92. The number of benzene rings is 2. The van der Waals surface area contributed by atoms with E-state index < -0.39 is 11.8 Å². The van der Waals surface area contributed by atoms with Crippen molar-refractivity contribution >= 4 is 23.4 Å². The van der Waals surface area contributed by atoms with E-state index in [0.29, 0.717) is 31.7 Å². The zero-order chi connectivity index (χ0) is 23.4. The molecule has 7 heteroatoms. The van der Waals surface area contributed by atoms with Gasteiger partial charge in [0.05, 0.1) is 12.2 Å². The maximum atomic E-state index is 12.6. The molecule has 4 rings (SSSR count). The van der Waals surface area contributed by atoms with E-state index in [1.807, 2.05) is 62.4 Å². The van der Waals surface area contributed by atoms with Crippen molar-refractivity contribution in [2.45, 2.75) is 26.9 Å². The number of nitrogens with one attached hydrogen (secondary N) is 1. The highest BCUT2D eigenvalue weighted by Crippen LogP contribution is 2.19. The van der Waals surface area contributed by atoms with Crippen LogP contribution in [-0.2, 0) is 22.7 Å². The molecule has 0 atom stereocenters. The van der Waals surface area contributed by atoms with Gasteiger partial charge in [0.2, 0.25) is 0 Å². The van der Waals surface area contributed by atoms with E-state index in [4.69, 9.17) is 0 Å². The van der Waals surface area contributed by atoms with Gasteiger partial charge in [0, 0.05) is 37.1 Å². The lowest BCUT2D eigenvalue weighted by Crippen LogP contribution is -2.53. The number of carbonyl (C=O) groups is 3. The molecule has 1 aromatic heterocycles. The summed E-state index contributed by atoms with van der Waals surface area (Å²) in [5.74, 6) is -1.23. The van der Waals surface area contributed by atoms with Crippen molar-refractivity contribution in [3.8, 4) is 0 Å². The SMILES string of the molecule is Cc1cccc(NC(=O)c2ccc(CN3CCN(Cc4ccccn4)C(=O)C3=O)cc2)c1C. The smallest absolute Gasteiger partial charge is 0.312 e. The van der Waals surface area contributed by atoms with E-state index in [9.17, 15) is 14.4 Å². The van der Waals surface area contributed by atoms with Gasteiger partial charge in [-0.1, -0.05) is 30.3 Å². The van der Waals surface area contributed by atoms with Crippen molar-refractivity contribution < 1.29 is 14.4 Å². The van der Waals surface area contributed by atoms with E-state index in [-0.39, 0.29) is 5.91 Å². The molecule has 1 aliphatic rings. The van der Waals surface area contributed by atoms with Crippen LogP contribution in [0.15, 0.2) is 66.9 Å². The molecule has 3 amide bonds. The highest BCUT2D eigenvalue weighted by atomic mass is 16.2. The second kappa shape index (κ2) is 9.65. The Bertz CT molecular complexity index is 1180. The Morgan fingerprint density at radius 1 is 0.879 bits per heavy atom. The van der Waals surface area contributed by atoms with Crippen LogP contribution >= 0.6 is 0 Å². The minimum Gasteiger partial charge on any atom is -0.328 e. The minimum atomic E-state index is -0.520. The van der Waals surface area contributed by atoms with Gasteiger partial charge < -0.3 is 15.1 Å². The molecule has 1 N–H and O–H groups in total. The van der Waals surface area contributed by atoms with Crippen molar-refractivity contribution in [1.82, 2.24) is 14.8 Å². The molecular weight excluding hydrogens is 416 g/mol. The molecule has 1 aliphatic heterocycles. The molecule has 1 saturated heterocycles. The number of aromatic nitrogens is 1. The summed E-state index contributed by atoms with van der Waals surface area (Å²) in [5, 5.41) is 2.95. The van der Waals surface area contributed by atoms with Gasteiger partial charge in [-0.2, -0.15) is 0 Å². The van der Waals surface area contributed by atoms with Crippen molar-refractivity contribution in [3.05, 3.63) is 94.8 Å². The fourth-order valence-corrected chi connectivity index (χ4v) is 3.77. The van der Waals surface area contributed by atoms with Crippen LogP contribution in [0.5, 0.6) is 0 Å². The number of anilines is 1. The van der Waals surface area contributed by atoms with Crippen LogP contribution in [0.4, 0.5) is 5.69 Å². The first-order valence-corrected chi connectivity index (χ1v) is 10.9. The highest BCUT2D eigenvalue weighted by Gasteiger charge is 2.32. The van der Waals surface area contributed by atoms with Gasteiger partial charge in [-0.15, -0.1) is 0 Å². The summed E-state index contributed by atoms with van der Waals surface area (Å²) in [7, 11) is 0. The summed E-state index contributed by atoms with van der Waals surface area (Å²) < 4.78 is 0. The van der Waals surface area contributed by atoms with E-state index in [1.165, 1.54) is 4.90 Å². The van der Waals surface area contributed by atoms with Crippen LogP contribution < -0.4 is 5.32 Å². The van der Waals surface area contributed by atoms with E-state index in [1.54, 1.807) is 23.2 Å². The molecule has 0 saturated carbocycles. The number of pyridine rings is 1. The molecule has 33 heavy (non-hydrogen) atoms. The first kappa shape index (κ1) is 22.2. The quantitative estimate of drug-likeness (QED) is 0.594. The van der Waals surface area contributed by atoms with Gasteiger partial charge in [-0.3, -0.25) is 19.4 Å². The summed E-state index contributed by atoms with van der Waals surface area (Å²) >= 11 is 0. The van der Waals surface area contributed by atoms with Crippen molar-refractivity contribution in [2.75, 3.05) is 18.4 Å². The molecule has 0 radical (unpaired) electrons. The van der Waals surface area contributed by atoms with Gasteiger partial charge >= 0.3 is 11.8 Å². The van der Waals surface area contributed by atoms with Gasteiger partial charge in [0.15, 0.2) is 0 Å². The zero-order valence-corrected chi connectivity index (χ0v) is 18.7. The number of hydrogen-bond donors (Lipinski definition) is 1. The maximum absolute atomic E-state index is 12.6. The molecule has 3 aromatic rings. The lowest BCUT2D eigenvalue weighted by atomic mass is 10.1. The molecule has 7 nitrogen and oxygen atoms in total. The number of piperazine rings is 1. The van der Waals surface area contributed by atoms with E-state index in [0.717, 1.165) is 28.1 Å². The van der Waals surface area contributed by atoms with E-state index in [2.05, 4.69) is 10.3 Å². The second-order valence-corrected chi connectivity index (χ2v) is 8.17. The molecule has 2 aromatic carbocycles. The number of aryl methyl sites for hydroxylation is 1. The van der Waals surface area contributed by atoms with Crippen molar-refractivity contribution in [2.24, 2.45) is 0 Å². The Kier molecular flexibility index (Phi) is 6.49. The number of hydrogen-bond acceptors (Lipinski definition) is 4. The summed E-state index contributed by atoms with van der Waals surface area (Å²) in [6.07, 6.45) is 1.67. The summed E-state index contributed by atoms with van der Waals surface area (Å²) in [4.78, 5) is 45.1. The number of rotatable bonds is 6. The second-order valence-electron chi connectivity index (χ2n) is 8.17. The Balaban J connectivity index is 1.36. The predicted molar refractivity (Wildman–Crippen MR) is 125 cm³/mol. The molecule has 0 bridgehead atoms. The molecule has 1 fully saturated rings. The molecule has 2 heterocycles. The molecule has 0 spiro atoms. The Morgan fingerprint density at radius 3 is 2.24 bits per heavy atom. The van der Waals surface area contributed by atoms with Crippen LogP contribution in [0, 0.1) is 13.8 Å². The minimum absolute atomic E-state index is 0.190. The fraction of sp³-hybridized carbons (Fsp3) is 0.231. The van der Waals surface area contributed by atoms with Crippen LogP contribution in [-0.4, -0.2) is 45.6 Å². The molecule has 0 aliphatic carbocycles. The first-order valence-electron chi connectivity index (χ1n) is 10.9. The van der Waals surface area contributed by atoms with Crippen LogP contribution in [0.3, 0.4) is 0 Å². The third-order valence-corrected chi connectivity index (χ3v) is 5.92. The normalized spacial score (nSPS) is 13.9. The van der Waals surface area contributed by atoms with E-state index >= 15 is 0 Å². The Morgan fingerprint density at radius 2 is 1.58 bits per heavy atom. The van der Waals surface area contributed by atoms with Crippen molar-refractivity contribution in [1.29, 1.82) is 0 Å². The van der Waals surface area contributed by atoms with Gasteiger partial charge in [0.25, 0.3) is 5.91 Å². The maximum Gasteiger partial charge on any atom is 0.312 e. The number of carbonyl (C=O) groups excluding carboxylic acids is 3. The van der Waals surface area contributed by atoms with Gasteiger partial charge in [-0.05, 0) is 60.9 Å². The van der Waals surface area contributed by atoms with Gasteiger partial charge in [0.1, 0.15) is 0 Å². The standard InChI is InChI=1S/C26H26N4O3/c1-18-6-5-8-23(19(18)2)28-24(31)21-11-9-20(10-12-21)16-29-14-15-30(26(33)25(29)32)17-22-7-3-4-13-27-22/h3-13H,14-17H2,1-2H3,(H,28,31). The Labute approximate surface area is 193 Å². The van der Waals surface area contributed by atoms with Gasteiger partial charge in [-0.25, -0.2) is 0 Å². The summed E-state index contributed by atoms with van der Waals surface area (Å²) in [6.45, 7) is 5.53. The van der Waals surface area contributed by atoms with Crippen LogP contribution in [0.2, 0.25) is 0 Å². The largest absolute Gasteiger partial charge is 0.328 e. The van der Waals surface area contributed by atoms with Crippen molar-refractivity contribution in [3.63, 3.8) is 0 Å². The predicted octanol–water partition coefficient (Wildman–Crippen LogP) is 3.32. The summed E-state index contributed by atoms with van der Waals surface area (Å²) in [6, 6.07) is 18.4. The number of nitrogens with zero attached hydrogens (tertiary/aromatic N) is 3. The lowest BCUT2D eigenvalue weighted by molar-refractivity contribution is -0.156. The Hall–Kier alpha value is -4.00. The first-order chi connectivity index (χ1) is 15.9. The van der Waals surface area contributed by atoms with Crippen LogP contribution in [0.25, 0.3) is 0 Å². The fourth-order valence-electron chi connectivity index (χ4n) is 3.77. The number of amides is 3. The molecular formula is C26H26N4O3. The topological polar surface area (TPSA) is 82.6 Å². The third kappa shape index (κ3) is 5.09. The monoisotopic (exact) mass is 442 g/mol.